The summed E-state index contributed by atoms with van der Waals surface area (Å²) in [6.07, 6.45) is 0. The average molecular weight is 277 g/mol. The van der Waals surface area contributed by atoms with Crippen LogP contribution in [0.4, 0.5) is 0 Å². The van der Waals surface area contributed by atoms with Crippen LogP contribution in [0.2, 0.25) is 0 Å². The molecule has 0 bridgehead atoms. The van der Waals surface area contributed by atoms with Crippen LogP contribution in [0.5, 0.6) is 0 Å². The van der Waals surface area contributed by atoms with Gasteiger partial charge in [-0.05, 0) is 6.92 Å². The van der Waals surface area contributed by atoms with E-state index in [-0.39, 0.29) is 10.8 Å². The van der Waals surface area contributed by atoms with Gasteiger partial charge in [0.05, 0.1) is 5.25 Å². The number of thioether (sulfide) groups is 1. The van der Waals surface area contributed by atoms with E-state index in [1.165, 1.54) is 0 Å². The number of H-pyrrole nitrogens is 2. The SMILES string of the molecule is CC(Sc1n[nH]c(=O)[nH]c1=O)C(=O)c1ccccc1. The number of aromatic amines is 2. The molecule has 0 radical (unpaired) electrons. The van der Waals surface area contributed by atoms with Crippen LogP contribution in [0.25, 0.3) is 0 Å². The predicted octanol–water partition coefficient (Wildman–Crippen LogP) is 0.822. The van der Waals surface area contributed by atoms with Crippen molar-refractivity contribution in [2.45, 2.75) is 17.2 Å². The number of hydrogen-bond donors (Lipinski definition) is 2. The zero-order valence-electron chi connectivity index (χ0n) is 10.0. The Morgan fingerprint density at radius 1 is 1.26 bits per heavy atom. The molecule has 0 fully saturated rings. The number of rotatable bonds is 4. The first-order valence-corrected chi connectivity index (χ1v) is 6.41. The highest BCUT2D eigenvalue weighted by Crippen LogP contribution is 2.20. The summed E-state index contributed by atoms with van der Waals surface area (Å²) in [6.45, 7) is 1.69. The van der Waals surface area contributed by atoms with Crippen molar-refractivity contribution in [3.63, 3.8) is 0 Å². The van der Waals surface area contributed by atoms with Gasteiger partial charge in [0, 0.05) is 5.56 Å². The fourth-order valence-corrected chi connectivity index (χ4v) is 2.31. The fraction of sp³-hybridized carbons (Fsp3) is 0.167. The summed E-state index contributed by atoms with van der Waals surface area (Å²) in [5.41, 5.74) is -0.693. The van der Waals surface area contributed by atoms with Gasteiger partial charge in [0.2, 0.25) is 0 Å². The molecule has 98 valence electrons. The molecular formula is C12H11N3O3S. The topological polar surface area (TPSA) is 95.7 Å². The maximum Gasteiger partial charge on any atom is 0.342 e. The molecular weight excluding hydrogens is 266 g/mol. The molecule has 6 nitrogen and oxygen atoms in total. The zero-order chi connectivity index (χ0) is 13.8. The molecule has 1 heterocycles. The molecule has 0 aliphatic carbocycles. The third-order valence-electron chi connectivity index (χ3n) is 2.40. The lowest BCUT2D eigenvalue weighted by atomic mass is 10.1. The smallest absolute Gasteiger partial charge is 0.293 e. The number of benzene rings is 1. The molecule has 0 saturated heterocycles. The molecule has 1 aromatic heterocycles. The van der Waals surface area contributed by atoms with Gasteiger partial charge in [-0.15, -0.1) is 0 Å². The van der Waals surface area contributed by atoms with E-state index in [2.05, 4.69) is 15.2 Å². The van der Waals surface area contributed by atoms with E-state index < -0.39 is 16.5 Å². The van der Waals surface area contributed by atoms with Gasteiger partial charge in [0.1, 0.15) is 0 Å². The van der Waals surface area contributed by atoms with Gasteiger partial charge in [0.25, 0.3) is 5.56 Å². The van der Waals surface area contributed by atoms with Gasteiger partial charge < -0.3 is 0 Å². The third kappa shape index (κ3) is 3.19. The lowest BCUT2D eigenvalue weighted by Gasteiger charge is -2.08. The summed E-state index contributed by atoms with van der Waals surface area (Å²) in [6, 6.07) is 8.79. The highest BCUT2D eigenvalue weighted by molar-refractivity contribution is 8.00. The minimum absolute atomic E-state index is 0.0661. The van der Waals surface area contributed by atoms with Crippen molar-refractivity contribution in [1.29, 1.82) is 0 Å². The van der Waals surface area contributed by atoms with E-state index >= 15 is 0 Å². The third-order valence-corrected chi connectivity index (χ3v) is 3.46. The molecule has 0 spiro atoms. The monoisotopic (exact) mass is 277 g/mol. The Hall–Kier alpha value is -2.15. The van der Waals surface area contributed by atoms with Gasteiger partial charge in [0.15, 0.2) is 10.8 Å². The molecule has 0 saturated carbocycles. The second-order valence-corrected chi connectivity index (χ2v) is 5.13. The number of carbonyl (C=O) groups excluding carboxylic acids is 1. The molecule has 7 heteroatoms. The Bertz CT molecular complexity index is 693. The average Bonchev–Trinajstić information content (AvgIpc) is 2.42. The summed E-state index contributed by atoms with van der Waals surface area (Å²) in [7, 11) is 0. The van der Waals surface area contributed by atoms with Gasteiger partial charge in [-0.2, -0.15) is 5.10 Å². The Labute approximate surface area is 112 Å². The Balaban J connectivity index is 2.17. The van der Waals surface area contributed by atoms with Crippen LogP contribution in [0.15, 0.2) is 44.9 Å². The maximum absolute atomic E-state index is 12.1. The molecule has 1 atom stereocenters. The van der Waals surface area contributed by atoms with E-state index in [1.807, 2.05) is 6.07 Å². The molecule has 0 aliphatic rings. The van der Waals surface area contributed by atoms with E-state index in [0.717, 1.165) is 11.8 Å². The number of ketones is 1. The van der Waals surface area contributed by atoms with Crippen molar-refractivity contribution in [2.75, 3.05) is 0 Å². The maximum atomic E-state index is 12.1. The summed E-state index contributed by atoms with van der Waals surface area (Å²) >= 11 is 1.01. The van der Waals surface area contributed by atoms with Crippen molar-refractivity contribution >= 4 is 17.5 Å². The Morgan fingerprint density at radius 3 is 2.58 bits per heavy atom. The highest BCUT2D eigenvalue weighted by Gasteiger charge is 2.18. The second-order valence-electron chi connectivity index (χ2n) is 3.80. The summed E-state index contributed by atoms with van der Waals surface area (Å²) < 4.78 is 0. The first-order chi connectivity index (χ1) is 9.08. The largest absolute Gasteiger partial charge is 0.342 e. The summed E-state index contributed by atoms with van der Waals surface area (Å²) in [5.74, 6) is -0.0991. The van der Waals surface area contributed by atoms with Crippen LogP contribution in [-0.2, 0) is 0 Å². The van der Waals surface area contributed by atoms with Crippen molar-refractivity contribution < 1.29 is 4.79 Å². The molecule has 2 N–H and O–H groups in total. The Kier molecular flexibility index (Phi) is 3.96. The minimum Gasteiger partial charge on any atom is -0.293 e. The Morgan fingerprint density at radius 2 is 1.95 bits per heavy atom. The van der Waals surface area contributed by atoms with Crippen LogP contribution in [0, 0.1) is 0 Å². The van der Waals surface area contributed by atoms with E-state index in [0.29, 0.717) is 5.56 Å². The number of nitrogens with one attached hydrogen (secondary N) is 2. The minimum atomic E-state index is -0.670. The molecule has 0 aliphatic heterocycles. The lowest BCUT2D eigenvalue weighted by Crippen LogP contribution is -2.26. The number of Topliss-reactive ketones (excluding diaryl/α,β-unsaturated/α-hetero) is 1. The van der Waals surface area contributed by atoms with Gasteiger partial charge >= 0.3 is 5.69 Å². The van der Waals surface area contributed by atoms with Gasteiger partial charge in [-0.1, -0.05) is 42.1 Å². The van der Waals surface area contributed by atoms with E-state index in [4.69, 9.17) is 0 Å². The van der Waals surface area contributed by atoms with E-state index in [1.54, 1.807) is 31.2 Å². The molecule has 19 heavy (non-hydrogen) atoms. The number of nitrogens with zero attached hydrogens (tertiary/aromatic N) is 1. The normalized spacial score (nSPS) is 12.1. The first-order valence-electron chi connectivity index (χ1n) is 5.53. The quantitative estimate of drug-likeness (QED) is 0.637. The van der Waals surface area contributed by atoms with Crippen LogP contribution in [-0.4, -0.2) is 26.2 Å². The number of hydrogen-bond acceptors (Lipinski definition) is 5. The first kappa shape index (κ1) is 13.3. The number of carbonyl (C=O) groups is 1. The van der Waals surface area contributed by atoms with Crippen LogP contribution in [0.3, 0.4) is 0 Å². The molecule has 1 unspecified atom stereocenters. The van der Waals surface area contributed by atoms with Gasteiger partial charge in [-0.25, -0.2) is 9.89 Å². The van der Waals surface area contributed by atoms with Gasteiger partial charge in [-0.3, -0.25) is 14.6 Å². The standard InChI is InChI=1S/C12H11N3O3S/c1-7(9(16)8-5-3-2-4-6-8)19-11-10(17)13-12(18)15-14-11/h2-7H,1H3,(H2,13,15,17,18). The van der Waals surface area contributed by atoms with Crippen molar-refractivity contribution in [1.82, 2.24) is 15.2 Å². The zero-order valence-corrected chi connectivity index (χ0v) is 10.9. The van der Waals surface area contributed by atoms with Crippen LogP contribution < -0.4 is 11.2 Å². The highest BCUT2D eigenvalue weighted by atomic mass is 32.2. The van der Waals surface area contributed by atoms with Crippen molar-refractivity contribution in [2.24, 2.45) is 0 Å². The second kappa shape index (κ2) is 5.66. The lowest BCUT2D eigenvalue weighted by molar-refractivity contribution is 0.0994. The van der Waals surface area contributed by atoms with Crippen molar-refractivity contribution in [3.05, 3.63) is 56.7 Å². The molecule has 2 rings (SSSR count). The van der Waals surface area contributed by atoms with Crippen LogP contribution >= 0.6 is 11.8 Å². The van der Waals surface area contributed by atoms with E-state index in [9.17, 15) is 14.4 Å². The summed E-state index contributed by atoms with van der Waals surface area (Å²) in [5, 5.41) is 5.35. The molecule has 0 amide bonds. The molecule has 2 aromatic rings. The predicted molar refractivity (Wildman–Crippen MR) is 71.6 cm³/mol. The number of aromatic nitrogens is 3. The summed E-state index contributed by atoms with van der Waals surface area (Å²) in [4.78, 5) is 36.5. The fourth-order valence-electron chi connectivity index (χ4n) is 1.47. The van der Waals surface area contributed by atoms with Crippen LogP contribution in [0.1, 0.15) is 17.3 Å². The van der Waals surface area contributed by atoms with Crippen molar-refractivity contribution in [3.8, 4) is 0 Å². The molecule has 1 aromatic carbocycles.